The van der Waals surface area contributed by atoms with E-state index in [9.17, 15) is 31.9 Å². The molecular formula is C15H19F5O4. The molecular weight excluding hydrogens is 339 g/mol. The van der Waals surface area contributed by atoms with Crippen LogP contribution in [0.25, 0.3) is 0 Å². The number of ether oxygens (including phenoxy) is 2. The normalized spacial score (nSPS) is 47.2. The molecule has 1 N–H and O–H groups in total. The van der Waals surface area contributed by atoms with Crippen molar-refractivity contribution in [2.75, 3.05) is 6.61 Å². The van der Waals surface area contributed by atoms with Gasteiger partial charge in [-0.25, -0.2) is 0 Å². The minimum absolute atomic E-state index is 0.00468. The molecule has 1 aliphatic heterocycles. The summed E-state index contributed by atoms with van der Waals surface area (Å²) in [6.45, 7) is 2.84. The Kier molecular flexibility index (Phi) is 3.92. The highest BCUT2D eigenvalue weighted by atomic mass is 19.4. The second kappa shape index (κ2) is 5.27. The van der Waals surface area contributed by atoms with Crippen LogP contribution in [0.5, 0.6) is 0 Å². The second-order valence-electron chi connectivity index (χ2n) is 7.22. The highest BCUT2D eigenvalue weighted by Gasteiger charge is 2.78. The summed E-state index contributed by atoms with van der Waals surface area (Å²) in [6, 6.07) is 0. The van der Waals surface area contributed by atoms with Crippen molar-refractivity contribution in [2.24, 2.45) is 29.6 Å². The molecule has 7 unspecified atom stereocenters. The first-order valence-corrected chi connectivity index (χ1v) is 7.91. The summed E-state index contributed by atoms with van der Waals surface area (Å²) in [5.74, 6) is -9.97. The second-order valence-corrected chi connectivity index (χ2v) is 7.22. The highest BCUT2D eigenvalue weighted by molar-refractivity contribution is 5.74. The lowest BCUT2D eigenvalue weighted by Crippen LogP contribution is -2.59. The number of carbonyl (C=O) groups excluding carboxylic acids is 1. The van der Waals surface area contributed by atoms with Gasteiger partial charge >= 0.3 is 23.9 Å². The molecule has 2 bridgehead atoms. The van der Waals surface area contributed by atoms with Gasteiger partial charge in [-0.05, 0) is 36.5 Å². The number of alkyl halides is 5. The van der Waals surface area contributed by atoms with Gasteiger partial charge in [-0.1, -0.05) is 13.8 Å². The third-order valence-corrected chi connectivity index (χ3v) is 6.14. The SMILES string of the molecule is CC1C2CC(C(=O)OC3COC(O)(C(F)(F)F)C3(F)F)C(C2)C1C. The first-order chi connectivity index (χ1) is 10.9. The maximum Gasteiger partial charge on any atom is 0.449 e. The number of halogens is 5. The van der Waals surface area contributed by atoms with E-state index in [0.717, 1.165) is 6.42 Å². The van der Waals surface area contributed by atoms with Crippen LogP contribution in [0.2, 0.25) is 0 Å². The molecule has 24 heavy (non-hydrogen) atoms. The van der Waals surface area contributed by atoms with Crippen molar-refractivity contribution >= 4 is 5.97 Å². The van der Waals surface area contributed by atoms with E-state index in [4.69, 9.17) is 0 Å². The van der Waals surface area contributed by atoms with Crippen LogP contribution in [-0.2, 0) is 14.3 Å². The Morgan fingerprint density at radius 2 is 1.83 bits per heavy atom. The Labute approximate surface area is 135 Å². The Hall–Kier alpha value is -0.960. The standard InChI is InChI=1S/C15H19F5O4/c1-6-7(2)9-3-8(6)4-10(9)12(21)24-11-5-23-14(22,13(11,16)17)15(18,19)20/h6-11,22H,3-5H2,1-2H3. The third-order valence-electron chi connectivity index (χ3n) is 6.14. The van der Waals surface area contributed by atoms with E-state index in [1.165, 1.54) is 0 Å². The van der Waals surface area contributed by atoms with Crippen molar-refractivity contribution in [3.63, 3.8) is 0 Å². The number of fused-ring (bicyclic) bond motifs is 2. The van der Waals surface area contributed by atoms with E-state index in [1.54, 1.807) is 0 Å². The molecule has 0 radical (unpaired) electrons. The zero-order valence-electron chi connectivity index (χ0n) is 13.1. The lowest BCUT2D eigenvalue weighted by Gasteiger charge is -2.33. The van der Waals surface area contributed by atoms with Crippen molar-refractivity contribution in [1.82, 2.24) is 0 Å². The van der Waals surface area contributed by atoms with Gasteiger partial charge in [0.05, 0.1) is 12.5 Å². The summed E-state index contributed by atoms with van der Waals surface area (Å²) in [7, 11) is 0. The van der Waals surface area contributed by atoms with E-state index in [0.29, 0.717) is 18.3 Å². The number of carbonyl (C=O) groups is 1. The molecule has 4 nitrogen and oxygen atoms in total. The molecule has 1 saturated heterocycles. The van der Waals surface area contributed by atoms with Crippen LogP contribution in [0.1, 0.15) is 26.7 Å². The fraction of sp³-hybridized carbons (Fsp3) is 0.933. The maximum absolute atomic E-state index is 14.0. The zero-order chi connectivity index (χ0) is 18.1. The van der Waals surface area contributed by atoms with Crippen LogP contribution in [0, 0.1) is 29.6 Å². The molecule has 3 aliphatic rings. The Balaban J connectivity index is 1.70. The van der Waals surface area contributed by atoms with Crippen LogP contribution < -0.4 is 0 Å². The molecule has 1 heterocycles. The van der Waals surface area contributed by atoms with E-state index >= 15 is 0 Å². The highest BCUT2D eigenvalue weighted by Crippen LogP contribution is 2.56. The van der Waals surface area contributed by atoms with Gasteiger partial charge in [0, 0.05) is 0 Å². The molecule has 2 aliphatic carbocycles. The van der Waals surface area contributed by atoms with Gasteiger partial charge in [0.2, 0.25) is 0 Å². The molecule has 3 fully saturated rings. The molecule has 0 aromatic rings. The minimum atomic E-state index is -5.70. The summed E-state index contributed by atoms with van der Waals surface area (Å²) in [4.78, 5) is 12.2. The number of hydrogen-bond donors (Lipinski definition) is 1. The smallest absolute Gasteiger partial charge is 0.449 e. The van der Waals surface area contributed by atoms with Crippen molar-refractivity contribution in [2.45, 2.75) is 50.7 Å². The van der Waals surface area contributed by atoms with Gasteiger partial charge in [0.15, 0.2) is 6.10 Å². The minimum Gasteiger partial charge on any atom is -0.453 e. The molecule has 0 amide bonds. The molecule has 3 rings (SSSR count). The summed E-state index contributed by atoms with van der Waals surface area (Å²) < 4.78 is 74.5. The Bertz CT molecular complexity index is 534. The molecule has 2 saturated carbocycles. The monoisotopic (exact) mass is 358 g/mol. The zero-order valence-corrected chi connectivity index (χ0v) is 13.1. The maximum atomic E-state index is 14.0. The molecule has 138 valence electrons. The van der Waals surface area contributed by atoms with Crippen molar-refractivity contribution in [3.8, 4) is 0 Å². The number of hydrogen-bond acceptors (Lipinski definition) is 4. The Morgan fingerprint density at radius 3 is 2.29 bits per heavy atom. The summed E-state index contributed by atoms with van der Waals surface area (Å²) >= 11 is 0. The fourth-order valence-corrected chi connectivity index (χ4v) is 4.43. The average molecular weight is 358 g/mol. The van der Waals surface area contributed by atoms with Gasteiger partial charge in [-0.2, -0.15) is 22.0 Å². The topological polar surface area (TPSA) is 55.8 Å². The largest absolute Gasteiger partial charge is 0.453 e. The lowest BCUT2D eigenvalue weighted by molar-refractivity contribution is -0.405. The summed E-state index contributed by atoms with van der Waals surface area (Å²) in [6.07, 6.45) is -6.86. The third kappa shape index (κ3) is 2.27. The fourth-order valence-electron chi connectivity index (χ4n) is 4.43. The molecule has 0 aromatic heterocycles. The number of aliphatic hydroxyl groups is 1. The van der Waals surface area contributed by atoms with Gasteiger partial charge in [0.25, 0.3) is 0 Å². The first-order valence-electron chi connectivity index (χ1n) is 7.91. The summed E-state index contributed by atoms with van der Waals surface area (Å²) in [5, 5.41) is 9.20. The molecule has 7 atom stereocenters. The van der Waals surface area contributed by atoms with Crippen LogP contribution in [0.15, 0.2) is 0 Å². The predicted octanol–water partition coefficient (Wildman–Crippen LogP) is 2.74. The van der Waals surface area contributed by atoms with Crippen molar-refractivity contribution < 1.29 is 41.3 Å². The quantitative estimate of drug-likeness (QED) is 0.609. The van der Waals surface area contributed by atoms with Crippen LogP contribution >= 0.6 is 0 Å². The number of esters is 1. The molecule has 9 heteroatoms. The van der Waals surface area contributed by atoms with E-state index in [-0.39, 0.29) is 11.8 Å². The van der Waals surface area contributed by atoms with E-state index < -0.39 is 42.5 Å². The first kappa shape index (κ1) is 17.8. The molecule has 0 aromatic carbocycles. The van der Waals surface area contributed by atoms with E-state index in [2.05, 4.69) is 16.4 Å². The van der Waals surface area contributed by atoms with Crippen LogP contribution in [0.3, 0.4) is 0 Å². The summed E-state index contributed by atoms with van der Waals surface area (Å²) in [5.41, 5.74) is 0. The average Bonchev–Trinajstić information content (AvgIpc) is 3.08. The lowest BCUT2D eigenvalue weighted by atomic mass is 9.76. The van der Waals surface area contributed by atoms with Gasteiger partial charge in [-0.3, -0.25) is 4.79 Å². The predicted molar refractivity (Wildman–Crippen MR) is 69.8 cm³/mol. The van der Waals surface area contributed by atoms with Gasteiger partial charge < -0.3 is 14.6 Å². The van der Waals surface area contributed by atoms with Crippen molar-refractivity contribution in [1.29, 1.82) is 0 Å². The van der Waals surface area contributed by atoms with Crippen LogP contribution in [0.4, 0.5) is 22.0 Å². The Morgan fingerprint density at radius 1 is 1.21 bits per heavy atom. The van der Waals surface area contributed by atoms with Crippen molar-refractivity contribution in [3.05, 3.63) is 0 Å². The molecule has 0 spiro atoms. The van der Waals surface area contributed by atoms with Gasteiger partial charge in [-0.15, -0.1) is 0 Å². The van der Waals surface area contributed by atoms with Crippen LogP contribution in [-0.4, -0.2) is 41.7 Å². The number of rotatable bonds is 2. The van der Waals surface area contributed by atoms with E-state index in [1.807, 2.05) is 6.92 Å². The van der Waals surface area contributed by atoms with Gasteiger partial charge in [0.1, 0.15) is 0 Å².